The maximum atomic E-state index is 11.9. The highest BCUT2D eigenvalue weighted by atomic mass is 32.1. The fourth-order valence-corrected chi connectivity index (χ4v) is 4.12. The molecule has 0 N–H and O–H groups in total. The van der Waals surface area contributed by atoms with E-state index in [0.29, 0.717) is 12.2 Å². The van der Waals surface area contributed by atoms with Crippen LogP contribution in [0.3, 0.4) is 0 Å². The molecule has 0 saturated carbocycles. The van der Waals surface area contributed by atoms with Crippen LogP contribution in [-0.4, -0.2) is 22.0 Å². The minimum absolute atomic E-state index is 0.286. The fourth-order valence-electron chi connectivity index (χ4n) is 3.07. The minimum Gasteiger partial charge on any atom is -0.462 e. The second-order valence-corrected chi connectivity index (χ2v) is 7.11. The number of nitrogens with zero attached hydrogens (tertiary/aromatic N) is 2. The smallest absolute Gasteiger partial charge is 0.338 e. The van der Waals surface area contributed by atoms with Crippen molar-refractivity contribution in [3.63, 3.8) is 0 Å². The van der Waals surface area contributed by atoms with Gasteiger partial charge in [0.1, 0.15) is 0 Å². The number of carbonyl (C=O) groups is 1. The molecule has 126 valence electrons. The Labute approximate surface area is 149 Å². The standard InChI is InChI=1S/C20H18N2O2S/c1-4-24-19(23)14-6-8-17-18(10-14)25-20-21-16(11-22(17)20)15-7-5-12(2)9-13(15)3/h5-11H,4H2,1-3H3. The van der Waals surface area contributed by atoms with E-state index in [2.05, 4.69) is 42.6 Å². The van der Waals surface area contributed by atoms with Crippen LogP contribution in [0.1, 0.15) is 28.4 Å². The molecule has 0 saturated heterocycles. The lowest BCUT2D eigenvalue weighted by molar-refractivity contribution is 0.0526. The van der Waals surface area contributed by atoms with Gasteiger partial charge in [0, 0.05) is 11.8 Å². The summed E-state index contributed by atoms with van der Waals surface area (Å²) < 4.78 is 8.19. The first kappa shape index (κ1) is 15.8. The van der Waals surface area contributed by atoms with Crippen LogP contribution in [0.15, 0.2) is 42.6 Å². The molecule has 0 spiro atoms. The summed E-state index contributed by atoms with van der Waals surface area (Å²) in [5.41, 5.74) is 6.22. The molecule has 0 aliphatic rings. The van der Waals surface area contributed by atoms with Gasteiger partial charge in [-0.2, -0.15) is 0 Å². The highest BCUT2D eigenvalue weighted by Gasteiger charge is 2.14. The molecule has 0 amide bonds. The van der Waals surface area contributed by atoms with Crippen molar-refractivity contribution in [1.82, 2.24) is 9.38 Å². The number of carbonyl (C=O) groups excluding carboxylic acids is 1. The number of rotatable bonds is 3. The van der Waals surface area contributed by atoms with Crippen LogP contribution >= 0.6 is 11.3 Å². The van der Waals surface area contributed by atoms with Gasteiger partial charge >= 0.3 is 5.97 Å². The Kier molecular flexibility index (Phi) is 3.81. The van der Waals surface area contributed by atoms with E-state index in [1.807, 2.05) is 25.1 Å². The predicted octanol–water partition coefficient (Wildman–Crippen LogP) is 5.01. The zero-order valence-corrected chi connectivity index (χ0v) is 15.2. The molecule has 4 aromatic rings. The van der Waals surface area contributed by atoms with Gasteiger partial charge in [0.25, 0.3) is 0 Å². The van der Waals surface area contributed by atoms with Crippen LogP contribution < -0.4 is 0 Å². The van der Waals surface area contributed by atoms with Gasteiger partial charge in [-0.1, -0.05) is 35.1 Å². The summed E-state index contributed by atoms with van der Waals surface area (Å²) in [5.74, 6) is -0.286. The van der Waals surface area contributed by atoms with E-state index in [1.54, 1.807) is 11.3 Å². The molecule has 25 heavy (non-hydrogen) atoms. The number of benzene rings is 2. The lowest BCUT2D eigenvalue weighted by Crippen LogP contribution is -2.03. The molecule has 4 nitrogen and oxygen atoms in total. The summed E-state index contributed by atoms with van der Waals surface area (Å²) in [6.45, 7) is 6.39. The molecule has 0 fully saturated rings. The molecule has 0 radical (unpaired) electrons. The van der Waals surface area contributed by atoms with Crippen molar-refractivity contribution in [2.45, 2.75) is 20.8 Å². The summed E-state index contributed by atoms with van der Waals surface area (Å²) >= 11 is 1.58. The summed E-state index contributed by atoms with van der Waals surface area (Å²) in [7, 11) is 0. The van der Waals surface area contributed by atoms with Gasteiger partial charge in [-0.25, -0.2) is 9.78 Å². The molecule has 4 rings (SSSR count). The molecule has 2 aromatic carbocycles. The van der Waals surface area contributed by atoms with Gasteiger partial charge in [0.15, 0.2) is 4.96 Å². The summed E-state index contributed by atoms with van der Waals surface area (Å²) in [4.78, 5) is 17.6. The number of hydrogen-bond acceptors (Lipinski definition) is 4. The van der Waals surface area contributed by atoms with Crippen LogP contribution in [0.25, 0.3) is 26.4 Å². The van der Waals surface area contributed by atoms with Crippen molar-refractivity contribution < 1.29 is 9.53 Å². The van der Waals surface area contributed by atoms with Gasteiger partial charge in [-0.3, -0.25) is 4.40 Å². The fraction of sp³-hybridized carbons (Fsp3) is 0.200. The van der Waals surface area contributed by atoms with Crippen LogP contribution in [0, 0.1) is 13.8 Å². The molecule has 0 aliphatic heterocycles. The van der Waals surface area contributed by atoms with E-state index in [9.17, 15) is 4.79 Å². The van der Waals surface area contributed by atoms with Crippen molar-refractivity contribution in [2.75, 3.05) is 6.61 Å². The van der Waals surface area contributed by atoms with E-state index in [1.165, 1.54) is 11.1 Å². The SMILES string of the molecule is CCOC(=O)c1ccc2c(c1)sc1nc(-c3ccc(C)cc3C)cn12. The van der Waals surface area contributed by atoms with Crippen molar-refractivity contribution in [1.29, 1.82) is 0 Å². The van der Waals surface area contributed by atoms with Gasteiger partial charge in [0.2, 0.25) is 0 Å². The normalized spacial score (nSPS) is 11.3. The zero-order chi connectivity index (χ0) is 17.6. The Morgan fingerprint density at radius 2 is 2.04 bits per heavy atom. The molecule has 0 unspecified atom stereocenters. The lowest BCUT2D eigenvalue weighted by Gasteiger charge is -2.03. The molecular formula is C20H18N2O2S. The largest absolute Gasteiger partial charge is 0.462 e. The predicted molar refractivity (Wildman–Crippen MR) is 101 cm³/mol. The zero-order valence-electron chi connectivity index (χ0n) is 14.4. The number of esters is 1. The highest BCUT2D eigenvalue weighted by Crippen LogP contribution is 2.31. The number of ether oxygens (including phenoxy) is 1. The second kappa shape index (κ2) is 6.01. The highest BCUT2D eigenvalue weighted by molar-refractivity contribution is 7.23. The Hall–Kier alpha value is -2.66. The van der Waals surface area contributed by atoms with Crippen LogP contribution in [0.5, 0.6) is 0 Å². The third-order valence-electron chi connectivity index (χ3n) is 4.26. The number of hydrogen-bond donors (Lipinski definition) is 0. The average Bonchev–Trinajstić information content (AvgIpc) is 3.12. The Morgan fingerprint density at radius 1 is 1.20 bits per heavy atom. The molecule has 0 bridgehead atoms. The molecule has 2 heterocycles. The molecule has 5 heteroatoms. The Balaban J connectivity index is 1.81. The van der Waals surface area contributed by atoms with Crippen molar-refractivity contribution in [3.05, 3.63) is 59.3 Å². The Bertz CT molecular complexity index is 1110. The first-order valence-electron chi connectivity index (χ1n) is 8.23. The number of fused-ring (bicyclic) bond motifs is 3. The minimum atomic E-state index is -0.286. The third-order valence-corrected chi connectivity index (χ3v) is 5.28. The summed E-state index contributed by atoms with van der Waals surface area (Å²) in [6.07, 6.45) is 2.07. The van der Waals surface area contributed by atoms with Crippen molar-refractivity contribution >= 4 is 32.5 Å². The van der Waals surface area contributed by atoms with E-state index >= 15 is 0 Å². The quantitative estimate of drug-likeness (QED) is 0.488. The second-order valence-electron chi connectivity index (χ2n) is 6.10. The molecular weight excluding hydrogens is 332 g/mol. The van der Waals surface area contributed by atoms with E-state index in [-0.39, 0.29) is 5.97 Å². The maximum Gasteiger partial charge on any atom is 0.338 e. The molecule has 0 aliphatic carbocycles. The van der Waals surface area contributed by atoms with Crippen molar-refractivity contribution in [2.24, 2.45) is 0 Å². The first-order valence-corrected chi connectivity index (χ1v) is 9.05. The van der Waals surface area contributed by atoms with Gasteiger partial charge < -0.3 is 4.74 Å². The number of aromatic nitrogens is 2. The lowest BCUT2D eigenvalue weighted by atomic mass is 10.0. The number of thiazole rings is 1. The monoisotopic (exact) mass is 350 g/mol. The Morgan fingerprint density at radius 3 is 2.80 bits per heavy atom. The molecule has 2 aromatic heterocycles. The number of aryl methyl sites for hydroxylation is 2. The van der Waals surface area contributed by atoms with Gasteiger partial charge in [-0.05, 0) is 44.5 Å². The van der Waals surface area contributed by atoms with Crippen LogP contribution in [0.4, 0.5) is 0 Å². The first-order chi connectivity index (χ1) is 12.1. The van der Waals surface area contributed by atoms with Gasteiger partial charge in [-0.15, -0.1) is 0 Å². The summed E-state index contributed by atoms with van der Waals surface area (Å²) in [6, 6.07) is 12.1. The van der Waals surface area contributed by atoms with Crippen molar-refractivity contribution in [3.8, 4) is 11.3 Å². The average molecular weight is 350 g/mol. The van der Waals surface area contributed by atoms with E-state index < -0.39 is 0 Å². The third kappa shape index (κ3) is 2.70. The summed E-state index contributed by atoms with van der Waals surface area (Å²) in [5, 5.41) is 0. The van der Waals surface area contributed by atoms with Gasteiger partial charge in [0.05, 0.1) is 28.1 Å². The topological polar surface area (TPSA) is 43.6 Å². The maximum absolute atomic E-state index is 11.9. The number of imidazole rings is 1. The van der Waals surface area contributed by atoms with E-state index in [0.717, 1.165) is 26.4 Å². The molecule has 0 atom stereocenters. The van der Waals surface area contributed by atoms with Crippen LogP contribution in [0.2, 0.25) is 0 Å². The van der Waals surface area contributed by atoms with E-state index in [4.69, 9.17) is 9.72 Å². The van der Waals surface area contributed by atoms with Crippen LogP contribution in [-0.2, 0) is 4.74 Å².